The van der Waals surface area contributed by atoms with Gasteiger partial charge in [-0.3, -0.25) is 20.2 Å². The topological polar surface area (TPSA) is 246 Å². The van der Waals surface area contributed by atoms with E-state index in [0.29, 0.717) is 0 Å². The van der Waals surface area contributed by atoms with Crippen LogP contribution in [0.5, 0.6) is 0 Å². The predicted molar refractivity (Wildman–Crippen MR) is 129 cm³/mol. The summed E-state index contributed by atoms with van der Waals surface area (Å²) < 4.78 is 0. The number of benzene rings is 2. The Labute approximate surface area is 208 Å². The summed E-state index contributed by atoms with van der Waals surface area (Å²) in [5, 5.41) is 45.3. The van der Waals surface area contributed by atoms with Gasteiger partial charge in [0.2, 0.25) is 0 Å². The predicted octanol–water partition coefficient (Wildman–Crippen LogP) is -1.21. The highest BCUT2D eigenvalue weighted by Crippen LogP contribution is 2.15. The van der Waals surface area contributed by atoms with Crippen molar-refractivity contribution in [2.75, 3.05) is 36.8 Å². The van der Waals surface area contributed by atoms with Gasteiger partial charge in [0.25, 0.3) is 11.4 Å². The number of hydrogen-bond acceptors (Lipinski definition) is 10. The molecule has 0 saturated carbocycles. The number of nitrogens with one attached hydrogen (secondary N) is 2. The second-order valence-electron chi connectivity index (χ2n) is 6.62. The van der Waals surface area contributed by atoms with Crippen molar-refractivity contribution in [3.05, 3.63) is 68.8 Å². The van der Waals surface area contributed by atoms with Crippen molar-refractivity contribution in [1.29, 1.82) is 0 Å². The zero-order valence-corrected chi connectivity index (χ0v) is 20.4. The van der Waals surface area contributed by atoms with E-state index >= 15 is 0 Å². The van der Waals surface area contributed by atoms with Gasteiger partial charge in [0.05, 0.1) is 36.0 Å². The average molecular weight is 511 g/mol. The van der Waals surface area contributed by atoms with Gasteiger partial charge < -0.3 is 41.9 Å². The molecular weight excluding hydrogens is 476 g/mol. The van der Waals surface area contributed by atoms with Crippen LogP contribution in [-0.4, -0.2) is 48.0 Å². The van der Waals surface area contributed by atoms with E-state index in [2.05, 4.69) is 22.1 Å². The Kier molecular flexibility index (Phi) is 20.0. The first-order valence-electron chi connectivity index (χ1n) is 11.0. The number of nitrogens with zero attached hydrogens (tertiary/aromatic N) is 2. The van der Waals surface area contributed by atoms with Gasteiger partial charge in [-0.05, 0) is 37.1 Å². The number of hydrogen-bond donors (Lipinski definition) is 4. The minimum atomic E-state index is -0.995. The first-order valence-corrected chi connectivity index (χ1v) is 11.0. The van der Waals surface area contributed by atoms with Gasteiger partial charge in [0, 0.05) is 47.6 Å². The molecule has 0 spiro atoms. The number of nitro groups is 2. The second-order valence-corrected chi connectivity index (χ2v) is 6.62. The SMILES string of the molecule is CCC(=O)[O-].CCC(=O)[O-].[NH3+]CCNc1ccc([N+](=O)[O-])cc1.[NH3+]CCNc1ccc([N+](=O)[O-])cc1. The zero-order valence-electron chi connectivity index (χ0n) is 20.4. The van der Waals surface area contributed by atoms with Crippen molar-refractivity contribution in [2.45, 2.75) is 26.7 Å². The zero-order chi connectivity index (χ0) is 27.9. The summed E-state index contributed by atoms with van der Waals surface area (Å²) in [4.78, 5) is 38.3. The van der Waals surface area contributed by atoms with Crippen LogP contribution in [0.1, 0.15) is 26.7 Å². The molecule has 0 saturated heterocycles. The molecule has 0 aliphatic heterocycles. The van der Waals surface area contributed by atoms with Crippen molar-refractivity contribution in [3.8, 4) is 0 Å². The third kappa shape index (κ3) is 19.2. The Balaban J connectivity index is 0. The summed E-state index contributed by atoms with van der Waals surface area (Å²) in [6.07, 6.45) is 0.222. The third-order valence-electron chi connectivity index (χ3n) is 3.75. The molecule has 2 aromatic carbocycles. The van der Waals surface area contributed by atoms with E-state index in [4.69, 9.17) is 0 Å². The molecule has 0 unspecified atom stereocenters. The van der Waals surface area contributed by atoms with Gasteiger partial charge in [0.15, 0.2) is 0 Å². The molecule has 36 heavy (non-hydrogen) atoms. The van der Waals surface area contributed by atoms with Crippen LogP contribution in [0.3, 0.4) is 0 Å². The van der Waals surface area contributed by atoms with Crippen LogP contribution >= 0.6 is 0 Å². The highest BCUT2D eigenvalue weighted by atomic mass is 16.6. The largest absolute Gasteiger partial charge is 0.550 e. The van der Waals surface area contributed by atoms with Gasteiger partial charge in [0.1, 0.15) is 0 Å². The lowest BCUT2D eigenvalue weighted by molar-refractivity contribution is -0.385. The molecule has 2 rings (SSSR count). The molecule has 0 aliphatic rings. The number of carbonyl (C=O) groups excluding carboxylic acids is 2. The minimum Gasteiger partial charge on any atom is -0.550 e. The van der Waals surface area contributed by atoms with Gasteiger partial charge in [-0.15, -0.1) is 0 Å². The van der Waals surface area contributed by atoms with E-state index in [0.717, 1.165) is 37.6 Å². The maximum Gasteiger partial charge on any atom is 0.269 e. The molecule has 8 N–H and O–H groups in total. The maximum absolute atomic E-state index is 10.3. The third-order valence-corrected chi connectivity index (χ3v) is 3.75. The summed E-state index contributed by atoms with van der Waals surface area (Å²) in [7, 11) is 0. The highest BCUT2D eigenvalue weighted by molar-refractivity contribution is 5.63. The molecule has 0 radical (unpaired) electrons. The number of aliphatic carboxylic acids is 2. The molecule has 200 valence electrons. The Morgan fingerprint density at radius 3 is 1.11 bits per heavy atom. The fraction of sp³-hybridized carbons (Fsp3) is 0.364. The van der Waals surface area contributed by atoms with Crippen LogP contribution in [0.25, 0.3) is 0 Å². The average Bonchev–Trinajstić information content (AvgIpc) is 2.87. The normalized spacial score (nSPS) is 9.00. The van der Waals surface area contributed by atoms with E-state index in [1.807, 2.05) is 0 Å². The summed E-state index contributed by atoms with van der Waals surface area (Å²) in [6, 6.07) is 12.7. The fourth-order valence-electron chi connectivity index (χ4n) is 1.87. The molecule has 2 aromatic rings. The van der Waals surface area contributed by atoms with E-state index in [9.17, 15) is 40.0 Å². The molecular formula is C22H34N6O8. The molecule has 0 aliphatic carbocycles. The van der Waals surface area contributed by atoms with Crippen LogP contribution in [-0.2, 0) is 9.59 Å². The van der Waals surface area contributed by atoms with Crippen LogP contribution in [0.4, 0.5) is 22.7 Å². The van der Waals surface area contributed by atoms with E-state index in [1.165, 1.54) is 38.1 Å². The quantitative estimate of drug-likeness (QED) is 0.219. The maximum atomic E-state index is 10.3. The molecule has 0 heterocycles. The van der Waals surface area contributed by atoms with Gasteiger partial charge in [-0.1, -0.05) is 13.8 Å². The Bertz CT molecular complexity index is 832. The van der Waals surface area contributed by atoms with Crippen molar-refractivity contribution >= 4 is 34.7 Å². The van der Waals surface area contributed by atoms with Crippen molar-refractivity contribution < 1.29 is 41.1 Å². The molecule has 0 atom stereocenters. The van der Waals surface area contributed by atoms with E-state index < -0.39 is 21.8 Å². The minimum absolute atomic E-state index is 0.111. The number of carboxylic acids is 2. The standard InChI is InChI=1S/2C8H11N3O2.2C3H6O2/c2*9-5-6-10-7-1-3-8(4-2-7)11(12)13;2*1-2-3(4)5/h2*1-4,10H,5-6,9H2;2*2H2,1H3,(H,4,5). The van der Waals surface area contributed by atoms with Crippen LogP contribution < -0.4 is 32.3 Å². The summed E-state index contributed by atoms with van der Waals surface area (Å²) >= 11 is 0. The van der Waals surface area contributed by atoms with Crippen molar-refractivity contribution in [3.63, 3.8) is 0 Å². The van der Waals surface area contributed by atoms with Crippen molar-refractivity contribution in [2.24, 2.45) is 0 Å². The summed E-state index contributed by atoms with van der Waals surface area (Å²) in [6.45, 7) is 6.20. The van der Waals surface area contributed by atoms with Gasteiger partial charge in [-0.25, -0.2) is 0 Å². The fourth-order valence-corrected chi connectivity index (χ4v) is 1.87. The molecule has 14 heteroatoms. The summed E-state index contributed by atoms with van der Waals surface area (Å²) in [5.41, 5.74) is 9.34. The van der Waals surface area contributed by atoms with E-state index in [-0.39, 0.29) is 24.2 Å². The molecule has 14 nitrogen and oxygen atoms in total. The van der Waals surface area contributed by atoms with Crippen molar-refractivity contribution in [1.82, 2.24) is 0 Å². The number of anilines is 2. The number of carboxylic acid groups (broad SMARTS) is 2. The lowest BCUT2D eigenvalue weighted by Gasteiger charge is -2.01. The molecule has 0 bridgehead atoms. The van der Waals surface area contributed by atoms with E-state index in [1.54, 1.807) is 24.3 Å². The van der Waals surface area contributed by atoms with Crippen LogP contribution in [0, 0.1) is 20.2 Å². The smallest absolute Gasteiger partial charge is 0.269 e. The lowest BCUT2D eigenvalue weighted by atomic mass is 10.3. The Hall–Kier alpha value is -4.30. The second kappa shape index (κ2) is 21.2. The monoisotopic (exact) mass is 510 g/mol. The molecule has 0 fully saturated rings. The lowest BCUT2D eigenvalue weighted by Crippen LogP contribution is -2.53. The summed E-state index contributed by atoms with van der Waals surface area (Å²) in [5.74, 6) is -1.99. The molecule has 0 aromatic heterocycles. The number of rotatable bonds is 10. The number of nitro benzene ring substituents is 2. The first-order chi connectivity index (χ1) is 17.0. The molecule has 0 amide bonds. The van der Waals surface area contributed by atoms with Crippen LogP contribution in [0.15, 0.2) is 48.5 Å². The first kappa shape index (κ1) is 33.9. The number of quaternary nitrogens is 2. The highest BCUT2D eigenvalue weighted by Gasteiger charge is 2.03. The Morgan fingerprint density at radius 2 is 0.944 bits per heavy atom. The van der Waals surface area contributed by atoms with Gasteiger partial charge in [-0.2, -0.15) is 0 Å². The number of carbonyl (C=O) groups is 2. The number of non-ortho nitro benzene ring substituents is 2. The van der Waals surface area contributed by atoms with Gasteiger partial charge >= 0.3 is 0 Å². The van der Waals surface area contributed by atoms with Crippen LogP contribution in [0.2, 0.25) is 0 Å². The Morgan fingerprint density at radius 1 is 0.694 bits per heavy atom.